The second-order valence-electron chi connectivity index (χ2n) is 6.30. The first-order valence-electron chi connectivity index (χ1n) is 9.24. The molecule has 0 radical (unpaired) electrons. The van der Waals surface area contributed by atoms with Crippen LogP contribution in [0.3, 0.4) is 0 Å². The highest BCUT2D eigenvalue weighted by Crippen LogP contribution is 2.24. The Kier molecular flexibility index (Phi) is 6.89. The van der Waals surface area contributed by atoms with E-state index in [9.17, 15) is 4.79 Å². The maximum atomic E-state index is 11.7. The number of hydrogen-bond donors (Lipinski definition) is 2. The first-order chi connectivity index (χ1) is 14.6. The van der Waals surface area contributed by atoms with Gasteiger partial charge in [0, 0.05) is 11.8 Å². The fourth-order valence-corrected chi connectivity index (χ4v) is 2.74. The highest BCUT2D eigenvalue weighted by atomic mass is 16.5. The molecule has 0 amide bonds. The van der Waals surface area contributed by atoms with Gasteiger partial charge < -0.3 is 25.3 Å². The van der Waals surface area contributed by atoms with Crippen LogP contribution in [-0.2, 0) is 11.3 Å². The Bertz CT molecular complexity index is 1040. The summed E-state index contributed by atoms with van der Waals surface area (Å²) in [6, 6.07) is 22.1. The number of anilines is 1. The zero-order valence-electron chi connectivity index (χ0n) is 16.8. The van der Waals surface area contributed by atoms with Gasteiger partial charge in [0.15, 0.2) is 5.96 Å². The van der Waals surface area contributed by atoms with Gasteiger partial charge in [-0.25, -0.2) is 9.79 Å². The number of para-hydroxylation sites is 1. The minimum Gasteiger partial charge on any atom is -0.496 e. The van der Waals surface area contributed by atoms with Crippen molar-refractivity contribution in [2.24, 2.45) is 10.7 Å². The number of ether oxygens (including phenoxy) is 3. The average molecular weight is 405 g/mol. The molecule has 0 atom stereocenters. The molecule has 0 fully saturated rings. The largest absolute Gasteiger partial charge is 0.496 e. The molecule has 0 aromatic heterocycles. The van der Waals surface area contributed by atoms with Gasteiger partial charge in [-0.1, -0.05) is 30.3 Å². The molecule has 3 aromatic rings. The number of carbonyl (C=O) groups is 1. The molecular weight excluding hydrogens is 382 g/mol. The van der Waals surface area contributed by atoms with Gasteiger partial charge in [0.1, 0.15) is 22.8 Å². The third-order valence-corrected chi connectivity index (χ3v) is 4.19. The van der Waals surface area contributed by atoms with Crippen molar-refractivity contribution in [2.75, 3.05) is 19.5 Å². The quantitative estimate of drug-likeness (QED) is 0.347. The fraction of sp³-hybridized carbons (Fsp3) is 0.130. The van der Waals surface area contributed by atoms with Crippen LogP contribution in [0.2, 0.25) is 0 Å². The molecule has 30 heavy (non-hydrogen) atoms. The number of methoxy groups -OCH3 is 2. The van der Waals surface area contributed by atoms with Crippen LogP contribution in [0.4, 0.5) is 5.69 Å². The summed E-state index contributed by atoms with van der Waals surface area (Å²) in [5.74, 6) is 1.65. The van der Waals surface area contributed by atoms with Gasteiger partial charge in [0.2, 0.25) is 0 Å². The van der Waals surface area contributed by atoms with E-state index in [-0.39, 0.29) is 5.96 Å². The van der Waals surface area contributed by atoms with E-state index in [0.717, 1.165) is 17.0 Å². The lowest BCUT2D eigenvalue weighted by Gasteiger charge is -2.10. The van der Waals surface area contributed by atoms with Gasteiger partial charge in [-0.05, 0) is 42.0 Å². The number of benzene rings is 3. The third kappa shape index (κ3) is 5.51. The van der Waals surface area contributed by atoms with Crippen molar-refractivity contribution in [2.45, 2.75) is 6.54 Å². The zero-order chi connectivity index (χ0) is 21.3. The van der Waals surface area contributed by atoms with Crippen LogP contribution in [0, 0.1) is 0 Å². The second kappa shape index (κ2) is 9.97. The van der Waals surface area contributed by atoms with Crippen molar-refractivity contribution in [1.82, 2.24) is 0 Å². The summed E-state index contributed by atoms with van der Waals surface area (Å²) >= 11 is 0. The van der Waals surface area contributed by atoms with Crippen molar-refractivity contribution < 1.29 is 19.0 Å². The van der Waals surface area contributed by atoms with Crippen LogP contribution in [0.15, 0.2) is 77.8 Å². The third-order valence-electron chi connectivity index (χ3n) is 4.19. The summed E-state index contributed by atoms with van der Waals surface area (Å²) in [6.45, 7) is 0.316. The molecular formula is C23H23N3O4. The summed E-state index contributed by atoms with van der Waals surface area (Å²) in [6.07, 6.45) is 0. The van der Waals surface area contributed by atoms with E-state index in [1.165, 1.54) is 14.2 Å². The van der Waals surface area contributed by atoms with Crippen LogP contribution >= 0.6 is 0 Å². The van der Waals surface area contributed by atoms with Crippen molar-refractivity contribution >= 4 is 17.6 Å². The number of aliphatic imine (C=N–C) groups is 1. The summed E-state index contributed by atoms with van der Waals surface area (Å²) in [7, 11) is 2.82. The van der Waals surface area contributed by atoms with Gasteiger partial charge >= 0.3 is 5.97 Å². The van der Waals surface area contributed by atoms with Gasteiger partial charge in [-0.3, -0.25) is 0 Å². The number of nitrogens with two attached hydrogens (primary N) is 1. The predicted molar refractivity (Wildman–Crippen MR) is 116 cm³/mol. The van der Waals surface area contributed by atoms with Gasteiger partial charge in [0.05, 0.1) is 20.8 Å². The van der Waals surface area contributed by atoms with Crippen LogP contribution < -0.4 is 20.5 Å². The SMILES string of the molecule is COC(=O)c1ccc(CN=C(N)Nc2cccc(Oc3ccccc3)c2)cc1OC. The molecule has 0 saturated carbocycles. The van der Waals surface area contributed by atoms with Crippen LogP contribution in [0.25, 0.3) is 0 Å². The fourth-order valence-electron chi connectivity index (χ4n) is 2.74. The lowest BCUT2D eigenvalue weighted by Crippen LogP contribution is -2.22. The number of carbonyl (C=O) groups excluding carboxylic acids is 1. The first kappa shape index (κ1) is 20.7. The molecule has 0 bridgehead atoms. The highest BCUT2D eigenvalue weighted by Gasteiger charge is 2.13. The van der Waals surface area contributed by atoms with Crippen LogP contribution in [0.5, 0.6) is 17.2 Å². The number of rotatable bonds is 7. The monoisotopic (exact) mass is 405 g/mol. The average Bonchev–Trinajstić information content (AvgIpc) is 2.78. The van der Waals surface area contributed by atoms with Crippen LogP contribution in [-0.4, -0.2) is 26.1 Å². The highest BCUT2D eigenvalue weighted by molar-refractivity contribution is 5.93. The normalized spacial score (nSPS) is 10.9. The van der Waals surface area contributed by atoms with E-state index in [1.807, 2.05) is 54.6 Å². The lowest BCUT2D eigenvalue weighted by molar-refractivity contribution is 0.0597. The smallest absolute Gasteiger partial charge is 0.341 e. The zero-order valence-corrected chi connectivity index (χ0v) is 16.8. The molecule has 3 N–H and O–H groups in total. The van der Waals surface area contributed by atoms with Gasteiger partial charge in [-0.15, -0.1) is 0 Å². The Morgan fingerprint density at radius 2 is 1.73 bits per heavy atom. The van der Waals surface area contributed by atoms with Gasteiger partial charge in [0.25, 0.3) is 0 Å². The molecule has 0 spiro atoms. The molecule has 154 valence electrons. The minimum absolute atomic E-state index is 0.253. The van der Waals surface area contributed by atoms with E-state index in [0.29, 0.717) is 23.6 Å². The predicted octanol–water partition coefficient (Wildman–Crippen LogP) is 4.20. The number of hydrogen-bond acceptors (Lipinski definition) is 5. The number of esters is 1. The van der Waals surface area contributed by atoms with E-state index in [4.69, 9.17) is 19.9 Å². The summed E-state index contributed by atoms with van der Waals surface area (Å²) < 4.78 is 15.8. The molecule has 3 rings (SSSR count). The first-order valence-corrected chi connectivity index (χ1v) is 9.24. The lowest BCUT2D eigenvalue weighted by atomic mass is 10.1. The van der Waals surface area contributed by atoms with Crippen molar-refractivity contribution in [1.29, 1.82) is 0 Å². The van der Waals surface area contributed by atoms with E-state index in [1.54, 1.807) is 18.2 Å². The van der Waals surface area contributed by atoms with Crippen LogP contribution in [0.1, 0.15) is 15.9 Å². The summed E-state index contributed by atoms with van der Waals surface area (Å²) in [4.78, 5) is 16.1. The van der Waals surface area contributed by atoms with E-state index < -0.39 is 5.97 Å². The molecule has 0 aliphatic carbocycles. The Balaban J connectivity index is 1.65. The van der Waals surface area contributed by atoms with Gasteiger partial charge in [-0.2, -0.15) is 0 Å². The number of nitrogens with one attached hydrogen (secondary N) is 1. The molecule has 0 saturated heterocycles. The standard InChI is InChI=1S/C23H23N3O4/c1-28-21-13-16(11-12-20(21)22(27)29-2)15-25-23(24)26-17-7-6-10-19(14-17)30-18-8-4-3-5-9-18/h3-14H,15H2,1-2H3,(H3,24,25,26). The molecule has 7 nitrogen and oxygen atoms in total. The number of guanidine groups is 1. The van der Waals surface area contributed by atoms with E-state index >= 15 is 0 Å². The van der Waals surface area contributed by atoms with Crippen molar-refractivity contribution in [3.05, 3.63) is 83.9 Å². The Morgan fingerprint density at radius 3 is 2.47 bits per heavy atom. The topological polar surface area (TPSA) is 95.2 Å². The Labute approximate surface area is 175 Å². The molecule has 7 heteroatoms. The van der Waals surface area contributed by atoms with E-state index in [2.05, 4.69) is 10.3 Å². The van der Waals surface area contributed by atoms with Crippen molar-refractivity contribution in [3.8, 4) is 17.2 Å². The maximum absolute atomic E-state index is 11.7. The molecule has 0 unspecified atom stereocenters. The molecule has 3 aromatic carbocycles. The Morgan fingerprint density at radius 1 is 0.967 bits per heavy atom. The minimum atomic E-state index is -0.458. The molecule has 0 aliphatic heterocycles. The molecule has 0 heterocycles. The second-order valence-corrected chi connectivity index (χ2v) is 6.30. The molecule has 0 aliphatic rings. The van der Waals surface area contributed by atoms with Crippen molar-refractivity contribution in [3.63, 3.8) is 0 Å². The maximum Gasteiger partial charge on any atom is 0.341 e. The number of nitrogens with zero attached hydrogens (tertiary/aromatic N) is 1. The Hall–Kier alpha value is -4.00. The summed E-state index contributed by atoms with van der Waals surface area (Å²) in [5.41, 5.74) is 7.97. The summed E-state index contributed by atoms with van der Waals surface area (Å²) in [5, 5.41) is 3.05.